The van der Waals surface area contributed by atoms with Crippen molar-refractivity contribution in [3.05, 3.63) is 66.1 Å². The van der Waals surface area contributed by atoms with Crippen LogP contribution in [0.1, 0.15) is 22.7 Å². The van der Waals surface area contributed by atoms with Crippen molar-refractivity contribution >= 4 is 29.1 Å². The summed E-state index contributed by atoms with van der Waals surface area (Å²) < 4.78 is 11.5. The van der Waals surface area contributed by atoms with Gasteiger partial charge in [-0.05, 0) is 48.0 Å². The number of carbonyl (C=O) groups excluding carboxylic acids is 1. The summed E-state index contributed by atoms with van der Waals surface area (Å²) in [5.74, 6) is 1.76. The van der Waals surface area contributed by atoms with Crippen LogP contribution in [-0.4, -0.2) is 37.0 Å². The SMILES string of the molecule is Cl.O=C(c1ccc(COc2ccc3ccccc3c2)o1)N1CCCNCC1. The van der Waals surface area contributed by atoms with E-state index >= 15 is 0 Å². The number of hydrogen-bond acceptors (Lipinski definition) is 4. The van der Waals surface area contributed by atoms with Gasteiger partial charge in [-0.3, -0.25) is 4.79 Å². The van der Waals surface area contributed by atoms with Crippen molar-refractivity contribution in [1.29, 1.82) is 0 Å². The van der Waals surface area contributed by atoms with E-state index in [1.165, 1.54) is 5.39 Å². The maximum absolute atomic E-state index is 12.6. The lowest BCUT2D eigenvalue weighted by atomic mass is 10.1. The first-order valence-electron chi connectivity index (χ1n) is 9.00. The quantitative estimate of drug-likeness (QED) is 0.739. The third-order valence-corrected chi connectivity index (χ3v) is 4.60. The van der Waals surface area contributed by atoms with E-state index in [2.05, 4.69) is 17.4 Å². The minimum Gasteiger partial charge on any atom is -0.486 e. The molecule has 6 heteroatoms. The van der Waals surface area contributed by atoms with Crippen molar-refractivity contribution in [3.63, 3.8) is 0 Å². The fourth-order valence-electron chi connectivity index (χ4n) is 3.19. The molecular formula is C21H23ClN2O3. The summed E-state index contributed by atoms with van der Waals surface area (Å²) in [5.41, 5.74) is 0. The van der Waals surface area contributed by atoms with E-state index in [1.54, 1.807) is 6.07 Å². The summed E-state index contributed by atoms with van der Waals surface area (Å²) in [7, 11) is 0. The molecule has 1 aliphatic rings. The van der Waals surface area contributed by atoms with Gasteiger partial charge in [0.15, 0.2) is 5.76 Å². The molecule has 0 bridgehead atoms. The molecule has 142 valence electrons. The highest BCUT2D eigenvalue weighted by Crippen LogP contribution is 2.22. The van der Waals surface area contributed by atoms with Crippen LogP contribution < -0.4 is 10.1 Å². The lowest BCUT2D eigenvalue weighted by Crippen LogP contribution is -2.33. The van der Waals surface area contributed by atoms with E-state index in [1.807, 2.05) is 41.3 Å². The number of furan rings is 1. The number of amides is 1. The predicted molar refractivity (Wildman–Crippen MR) is 108 cm³/mol. The molecule has 1 amide bonds. The number of rotatable bonds is 4. The van der Waals surface area contributed by atoms with E-state index in [0.29, 0.717) is 24.7 Å². The summed E-state index contributed by atoms with van der Waals surface area (Å²) in [6, 6.07) is 17.7. The first-order chi connectivity index (χ1) is 12.8. The van der Waals surface area contributed by atoms with Crippen molar-refractivity contribution in [2.75, 3.05) is 26.2 Å². The van der Waals surface area contributed by atoms with E-state index in [4.69, 9.17) is 9.15 Å². The largest absolute Gasteiger partial charge is 0.486 e. The van der Waals surface area contributed by atoms with Gasteiger partial charge in [-0.1, -0.05) is 30.3 Å². The lowest BCUT2D eigenvalue weighted by molar-refractivity contribution is 0.0730. The molecular weight excluding hydrogens is 364 g/mol. The third-order valence-electron chi connectivity index (χ3n) is 4.60. The fourth-order valence-corrected chi connectivity index (χ4v) is 3.19. The second kappa shape index (κ2) is 8.93. The summed E-state index contributed by atoms with van der Waals surface area (Å²) in [5, 5.41) is 5.61. The maximum Gasteiger partial charge on any atom is 0.289 e. The monoisotopic (exact) mass is 386 g/mol. The van der Waals surface area contributed by atoms with Crippen LogP contribution in [-0.2, 0) is 6.61 Å². The Morgan fingerprint density at radius 2 is 1.89 bits per heavy atom. The van der Waals surface area contributed by atoms with Gasteiger partial charge in [-0.2, -0.15) is 0 Å². The van der Waals surface area contributed by atoms with Crippen LogP contribution in [0.4, 0.5) is 0 Å². The Morgan fingerprint density at radius 3 is 2.78 bits per heavy atom. The molecule has 27 heavy (non-hydrogen) atoms. The molecule has 1 aliphatic heterocycles. The molecule has 1 fully saturated rings. The van der Waals surface area contributed by atoms with Gasteiger partial charge in [-0.25, -0.2) is 0 Å². The van der Waals surface area contributed by atoms with Crippen molar-refractivity contribution in [2.24, 2.45) is 0 Å². The molecule has 1 saturated heterocycles. The van der Waals surface area contributed by atoms with Crippen molar-refractivity contribution in [1.82, 2.24) is 10.2 Å². The number of nitrogens with one attached hydrogen (secondary N) is 1. The maximum atomic E-state index is 12.6. The highest BCUT2D eigenvalue weighted by molar-refractivity contribution is 5.91. The van der Waals surface area contributed by atoms with Gasteiger partial charge < -0.3 is 19.4 Å². The van der Waals surface area contributed by atoms with Crippen molar-refractivity contribution in [2.45, 2.75) is 13.0 Å². The Kier molecular flexibility index (Phi) is 6.37. The molecule has 1 aromatic heterocycles. The highest BCUT2D eigenvalue weighted by atomic mass is 35.5. The molecule has 0 saturated carbocycles. The molecule has 2 heterocycles. The molecule has 4 rings (SSSR count). The van der Waals surface area contributed by atoms with Crippen LogP contribution in [0.3, 0.4) is 0 Å². The number of ether oxygens (including phenoxy) is 1. The Morgan fingerprint density at radius 1 is 1.04 bits per heavy atom. The highest BCUT2D eigenvalue weighted by Gasteiger charge is 2.20. The average molecular weight is 387 g/mol. The van der Waals surface area contributed by atoms with E-state index < -0.39 is 0 Å². The third kappa shape index (κ3) is 4.62. The second-order valence-electron chi connectivity index (χ2n) is 6.46. The molecule has 3 aromatic rings. The van der Waals surface area contributed by atoms with Crippen LogP contribution in [0, 0.1) is 0 Å². The van der Waals surface area contributed by atoms with Gasteiger partial charge in [-0.15, -0.1) is 12.4 Å². The lowest BCUT2D eigenvalue weighted by Gasteiger charge is -2.18. The zero-order valence-electron chi connectivity index (χ0n) is 15.0. The number of hydrogen-bond donors (Lipinski definition) is 1. The van der Waals surface area contributed by atoms with Crippen LogP contribution in [0.2, 0.25) is 0 Å². The molecule has 0 aliphatic carbocycles. The van der Waals surface area contributed by atoms with Gasteiger partial charge in [0.2, 0.25) is 0 Å². The zero-order valence-corrected chi connectivity index (χ0v) is 15.8. The fraction of sp³-hybridized carbons (Fsp3) is 0.286. The summed E-state index contributed by atoms with van der Waals surface area (Å²) >= 11 is 0. The Bertz CT molecular complexity index is 901. The van der Waals surface area contributed by atoms with Gasteiger partial charge in [0.05, 0.1) is 0 Å². The minimum atomic E-state index is -0.0503. The van der Waals surface area contributed by atoms with Gasteiger partial charge in [0.25, 0.3) is 5.91 Å². The number of nitrogens with zero attached hydrogens (tertiary/aromatic N) is 1. The summed E-state index contributed by atoms with van der Waals surface area (Å²) in [4.78, 5) is 14.4. The molecule has 5 nitrogen and oxygen atoms in total. The van der Waals surface area contributed by atoms with Gasteiger partial charge in [0, 0.05) is 19.6 Å². The van der Waals surface area contributed by atoms with Crippen LogP contribution in [0.15, 0.2) is 59.0 Å². The topological polar surface area (TPSA) is 54.7 Å². The van der Waals surface area contributed by atoms with E-state index in [-0.39, 0.29) is 18.3 Å². The molecule has 1 N–H and O–H groups in total. The Hall–Kier alpha value is -2.50. The van der Waals surface area contributed by atoms with E-state index in [9.17, 15) is 4.79 Å². The second-order valence-corrected chi connectivity index (χ2v) is 6.46. The number of halogens is 1. The van der Waals surface area contributed by atoms with Crippen LogP contribution in [0.25, 0.3) is 10.8 Å². The molecule has 0 radical (unpaired) electrons. The van der Waals surface area contributed by atoms with Crippen LogP contribution in [0.5, 0.6) is 5.75 Å². The van der Waals surface area contributed by atoms with Gasteiger partial charge in [0.1, 0.15) is 18.1 Å². The predicted octanol–water partition coefficient (Wildman–Crippen LogP) is 3.87. The molecule has 2 aromatic carbocycles. The smallest absolute Gasteiger partial charge is 0.289 e. The first kappa shape index (κ1) is 19.3. The molecule has 0 unspecified atom stereocenters. The number of fused-ring (bicyclic) bond motifs is 1. The number of carbonyl (C=O) groups is 1. The number of benzene rings is 2. The summed E-state index contributed by atoms with van der Waals surface area (Å²) in [6.45, 7) is 3.54. The Balaban J connectivity index is 0.00000210. The minimum absolute atomic E-state index is 0. The standard InChI is InChI=1S/C21H22N2O3.ClH/c24-21(23-12-3-10-22-11-13-23)20-9-8-19(26-20)15-25-18-7-6-16-4-1-2-5-17(16)14-18;/h1-2,4-9,14,22H,3,10-13,15H2;1H. The van der Waals surface area contributed by atoms with Crippen LogP contribution >= 0.6 is 12.4 Å². The van der Waals surface area contributed by atoms with Crippen molar-refractivity contribution < 1.29 is 13.9 Å². The first-order valence-corrected chi connectivity index (χ1v) is 9.00. The summed E-state index contributed by atoms with van der Waals surface area (Å²) in [6.07, 6.45) is 0.963. The zero-order chi connectivity index (χ0) is 17.8. The molecule has 0 spiro atoms. The van der Waals surface area contributed by atoms with Gasteiger partial charge >= 0.3 is 0 Å². The Labute approximate surface area is 164 Å². The molecule has 0 atom stereocenters. The normalized spacial score (nSPS) is 14.4. The van der Waals surface area contributed by atoms with E-state index in [0.717, 1.165) is 37.2 Å². The van der Waals surface area contributed by atoms with Crippen molar-refractivity contribution in [3.8, 4) is 5.75 Å². The average Bonchev–Trinajstić information content (AvgIpc) is 2.99.